The molecule has 5 heteroatoms. The van der Waals surface area contributed by atoms with Gasteiger partial charge in [0.2, 0.25) is 5.91 Å². The van der Waals surface area contributed by atoms with Crippen LogP contribution in [-0.4, -0.2) is 50.1 Å². The van der Waals surface area contributed by atoms with Gasteiger partial charge >= 0.3 is 0 Å². The second-order valence-electron chi connectivity index (χ2n) is 8.83. The summed E-state index contributed by atoms with van der Waals surface area (Å²) >= 11 is 0. The molecular weight excluding hydrogens is 410 g/mol. The van der Waals surface area contributed by atoms with Gasteiger partial charge in [-0.3, -0.25) is 9.69 Å². The standard InChI is InChI=1S/C28H31N3O2/c32-28-21-26(22-8-3-1-4-9-22)25-13-12-24(20-27(25)29-28)33-19-7-14-30-15-17-31(18-16-30)23-10-5-2-6-11-23/h1-6,8-13,20,26H,7,14-19,21H2,(H,29,32). The molecule has 5 nitrogen and oxygen atoms in total. The Labute approximate surface area is 196 Å². The zero-order valence-corrected chi connectivity index (χ0v) is 19.0. The van der Waals surface area contributed by atoms with E-state index in [1.807, 2.05) is 30.3 Å². The molecule has 1 amide bonds. The van der Waals surface area contributed by atoms with Crippen LogP contribution in [0, 0.1) is 0 Å². The van der Waals surface area contributed by atoms with Crippen LogP contribution in [0.3, 0.4) is 0 Å². The van der Waals surface area contributed by atoms with Gasteiger partial charge < -0.3 is 15.0 Å². The Bertz CT molecular complexity index is 1060. The van der Waals surface area contributed by atoms with Crippen LogP contribution in [-0.2, 0) is 4.79 Å². The summed E-state index contributed by atoms with van der Waals surface area (Å²) in [6.45, 7) is 6.02. The minimum absolute atomic E-state index is 0.0585. The Morgan fingerprint density at radius 2 is 1.61 bits per heavy atom. The highest BCUT2D eigenvalue weighted by molar-refractivity contribution is 5.95. The van der Waals surface area contributed by atoms with Crippen molar-refractivity contribution >= 4 is 17.3 Å². The van der Waals surface area contributed by atoms with Gasteiger partial charge in [-0.1, -0.05) is 54.6 Å². The van der Waals surface area contributed by atoms with Gasteiger partial charge in [-0.2, -0.15) is 0 Å². The van der Waals surface area contributed by atoms with Gasteiger partial charge in [-0.15, -0.1) is 0 Å². The van der Waals surface area contributed by atoms with Crippen molar-refractivity contribution in [2.24, 2.45) is 0 Å². The quantitative estimate of drug-likeness (QED) is 0.538. The highest BCUT2D eigenvalue weighted by Crippen LogP contribution is 2.38. The number of amides is 1. The molecule has 0 bridgehead atoms. The normalized spacial score (nSPS) is 18.5. The summed E-state index contributed by atoms with van der Waals surface area (Å²) in [5.74, 6) is 0.971. The maximum Gasteiger partial charge on any atom is 0.225 e. The molecule has 5 rings (SSSR count). The Morgan fingerprint density at radius 3 is 2.36 bits per heavy atom. The molecule has 170 valence electrons. The second kappa shape index (κ2) is 10.1. The van der Waals surface area contributed by atoms with Gasteiger partial charge in [-0.05, 0) is 35.7 Å². The maximum atomic E-state index is 12.3. The molecule has 0 spiro atoms. The Kier molecular flexibility index (Phi) is 6.58. The van der Waals surface area contributed by atoms with E-state index in [0.717, 1.165) is 56.1 Å². The molecule has 2 aliphatic heterocycles. The van der Waals surface area contributed by atoms with Crippen LogP contribution >= 0.6 is 0 Å². The highest BCUT2D eigenvalue weighted by Gasteiger charge is 2.26. The summed E-state index contributed by atoms with van der Waals surface area (Å²) in [5.41, 5.74) is 4.52. The summed E-state index contributed by atoms with van der Waals surface area (Å²) in [5, 5.41) is 3.03. The monoisotopic (exact) mass is 441 g/mol. The van der Waals surface area contributed by atoms with E-state index in [9.17, 15) is 4.79 Å². The first kappa shape index (κ1) is 21.5. The molecule has 1 fully saturated rings. The number of carbonyl (C=O) groups is 1. The van der Waals surface area contributed by atoms with Crippen molar-refractivity contribution < 1.29 is 9.53 Å². The summed E-state index contributed by atoms with van der Waals surface area (Å²) in [7, 11) is 0. The molecule has 1 atom stereocenters. The second-order valence-corrected chi connectivity index (χ2v) is 8.83. The minimum atomic E-state index is 0.0585. The zero-order chi connectivity index (χ0) is 22.5. The molecule has 0 saturated carbocycles. The number of hydrogen-bond acceptors (Lipinski definition) is 4. The molecular formula is C28H31N3O2. The number of piperazine rings is 1. The van der Waals surface area contributed by atoms with Crippen molar-refractivity contribution in [3.63, 3.8) is 0 Å². The lowest BCUT2D eigenvalue weighted by Crippen LogP contribution is -2.46. The van der Waals surface area contributed by atoms with Crippen LogP contribution in [0.25, 0.3) is 0 Å². The van der Waals surface area contributed by atoms with E-state index in [0.29, 0.717) is 13.0 Å². The predicted molar refractivity (Wildman–Crippen MR) is 133 cm³/mol. The fourth-order valence-corrected chi connectivity index (χ4v) is 4.86. The molecule has 1 unspecified atom stereocenters. The van der Waals surface area contributed by atoms with Crippen molar-refractivity contribution in [1.29, 1.82) is 0 Å². The fourth-order valence-electron chi connectivity index (χ4n) is 4.86. The van der Waals surface area contributed by atoms with Gasteiger partial charge in [0.1, 0.15) is 5.75 Å². The van der Waals surface area contributed by atoms with Crippen LogP contribution in [0.15, 0.2) is 78.9 Å². The average Bonchev–Trinajstić information content (AvgIpc) is 2.87. The molecule has 0 radical (unpaired) electrons. The smallest absolute Gasteiger partial charge is 0.225 e. The number of nitrogens with zero attached hydrogens (tertiary/aromatic N) is 2. The SMILES string of the molecule is O=C1CC(c2ccccc2)c2ccc(OCCCN3CCN(c4ccccc4)CC3)cc2N1. The van der Waals surface area contributed by atoms with E-state index in [-0.39, 0.29) is 11.8 Å². The Hall–Kier alpha value is -3.31. The van der Waals surface area contributed by atoms with Gasteiger partial charge in [0.05, 0.1) is 6.61 Å². The van der Waals surface area contributed by atoms with E-state index < -0.39 is 0 Å². The van der Waals surface area contributed by atoms with Crippen molar-refractivity contribution in [2.75, 3.05) is 49.5 Å². The lowest BCUT2D eigenvalue weighted by atomic mass is 9.85. The van der Waals surface area contributed by atoms with Crippen LogP contribution in [0.5, 0.6) is 5.75 Å². The Balaban J connectivity index is 1.11. The topological polar surface area (TPSA) is 44.8 Å². The van der Waals surface area contributed by atoms with E-state index in [2.05, 4.69) is 63.6 Å². The van der Waals surface area contributed by atoms with Crippen molar-refractivity contribution in [3.8, 4) is 5.75 Å². The minimum Gasteiger partial charge on any atom is -0.493 e. The third kappa shape index (κ3) is 5.20. The summed E-state index contributed by atoms with van der Waals surface area (Å²) in [6, 6.07) is 27.0. The third-order valence-corrected chi connectivity index (χ3v) is 6.65. The van der Waals surface area contributed by atoms with E-state index in [4.69, 9.17) is 4.74 Å². The van der Waals surface area contributed by atoms with Crippen molar-refractivity contribution in [1.82, 2.24) is 4.90 Å². The number of nitrogens with one attached hydrogen (secondary N) is 1. The number of para-hydroxylation sites is 1. The zero-order valence-electron chi connectivity index (χ0n) is 19.0. The molecule has 2 aliphatic rings. The van der Waals surface area contributed by atoms with E-state index in [1.165, 1.54) is 11.3 Å². The first-order chi connectivity index (χ1) is 16.3. The maximum absolute atomic E-state index is 12.3. The predicted octanol–water partition coefficient (Wildman–Crippen LogP) is 4.75. The number of anilines is 2. The number of fused-ring (bicyclic) bond motifs is 1. The first-order valence-corrected chi connectivity index (χ1v) is 11.9. The van der Waals surface area contributed by atoms with Crippen molar-refractivity contribution in [2.45, 2.75) is 18.8 Å². The molecule has 33 heavy (non-hydrogen) atoms. The third-order valence-electron chi connectivity index (χ3n) is 6.65. The molecule has 3 aromatic rings. The average molecular weight is 442 g/mol. The molecule has 0 aliphatic carbocycles. The molecule has 2 heterocycles. The van der Waals surface area contributed by atoms with Gasteiger partial charge in [0, 0.05) is 62.5 Å². The summed E-state index contributed by atoms with van der Waals surface area (Å²) in [6.07, 6.45) is 1.47. The number of rotatable bonds is 7. The Morgan fingerprint density at radius 1 is 0.879 bits per heavy atom. The van der Waals surface area contributed by atoms with Crippen LogP contribution in [0.4, 0.5) is 11.4 Å². The molecule has 1 saturated heterocycles. The van der Waals surface area contributed by atoms with Gasteiger partial charge in [-0.25, -0.2) is 0 Å². The molecule has 1 N–H and O–H groups in total. The molecule has 3 aromatic carbocycles. The number of ether oxygens (including phenoxy) is 1. The largest absolute Gasteiger partial charge is 0.493 e. The first-order valence-electron chi connectivity index (χ1n) is 11.9. The summed E-state index contributed by atoms with van der Waals surface area (Å²) in [4.78, 5) is 17.3. The number of carbonyl (C=O) groups excluding carboxylic acids is 1. The molecule has 0 aromatic heterocycles. The van der Waals surface area contributed by atoms with Crippen LogP contribution in [0.1, 0.15) is 29.9 Å². The van der Waals surface area contributed by atoms with Crippen LogP contribution in [0.2, 0.25) is 0 Å². The number of hydrogen-bond donors (Lipinski definition) is 1. The number of benzene rings is 3. The van der Waals surface area contributed by atoms with E-state index >= 15 is 0 Å². The fraction of sp³-hybridized carbons (Fsp3) is 0.321. The van der Waals surface area contributed by atoms with Crippen LogP contribution < -0.4 is 15.0 Å². The summed E-state index contributed by atoms with van der Waals surface area (Å²) < 4.78 is 6.04. The highest BCUT2D eigenvalue weighted by atomic mass is 16.5. The van der Waals surface area contributed by atoms with Gasteiger partial charge in [0.25, 0.3) is 0 Å². The van der Waals surface area contributed by atoms with Crippen molar-refractivity contribution in [3.05, 3.63) is 90.0 Å². The lowest BCUT2D eigenvalue weighted by Gasteiger charge is -2.36. The van der Waals surface area contributed by atoms with E-state index in [1.54, 1.807) is 0 Å². The lowest BCUT2D eigenvalue weighted by molar-refractivity contribution is -0.116. The van der Waals surface area contributed by atoms with Gasteiger partial charge in [0.15, 0.2) is 0 Å².